The highest BCUT2D eigenvalue weighted by molar-refractivity contribution is 5.98. The highest BCUT2D eigenvalue weighted by atomic mass is 16.5. The molecule has 1 aromatic carbocycles. The Morgan fingerprint density at radius 1 is 1.42 bits per heavy atom. The van der Waals surface area contributed by atoms with Gasteiger partial charge in [0.05, 0.1) is 12.8 Å². The van der Waals surface area contributed by atoms with Crippen LogP contribution in [0.2, 0.25) is 0 Å². The van der Waals surface area contributed by atoms with Crippen molar-refractivity contribution in [1.29, 1.82) is 0 Å². The molecule has 0 saturated heterocycles. The summed E-state index contributed by atoms with van der Waals surface area (Å²) in [6.07, 6.45) is 1.58. The molecular weight excluding hydrogens is 244 g/mol. The smallest absolute Gasteiger partial charge is 0.240 e. The fourth-order valence-corrected chi connectivity index (χ4v) is 1.60. The molecule has 1 N–H and O–H groups in total. The molecule has 0 unspecified atom stereocenters. The number of methoxy groups -OCH3 is 1. The molecule has 0 aliphatic rings. The van der Waals surface area contributed by atoms with Gasteiger partial charge >= 0.3 is 0 Å². The Morgan fingerprint density at radius 2 is 2.11 bits per heavy atom. The maximum absolute atomic E-state index is 11.7. The van der Waals surface area contributed by atoms with Crippen LogP contribution < -0.4 is 15.0 Å². The fraction of sp³-hybridized carbons (Fsp3) is 0.286. The van der Waals surface area contributed by atoms with Gasteiger partial charge in [-0.25, -0.2) is 0 Å². The third-order valence-electron chi connectivity index (χ3n) is 2.50. The Balaban J connectivity index is 2.91. The first kappa shape index (κ1) is 14.8. The van der Waals surface area contributed by atoms with Gasteiger partial charge in [-0.1, -0.05) is 18.2 Å². The molecule has 0 aliphatic heterocycles. The molecule has 0 fully saturated rings. The number of nitrogens with one attached hydrogen (secondary N) is 1. The second-order valence-corrected chi connectivity index (χ2v) is 3.87. The summed E-state index contributed by atoms with van der Waals surface area (Å²) in [6, 6.07) is 7.07. The molecule has 5 nitrogen and oxygen atoms in total. The molecule has 0 atom stereocenters. The van der Waals surface area contributed by atoms with Crippen LogP contribution in [-0.2, 0) is 9.59 Å². The number of anilines is 1. The maximum Gasteiger partial charge on any atom is 0.240 e. The second kappa shape index (κ2) is 7.20. The molecule has 0 saturated carbocycles. The largest absolute Gasteiger partial charge is 0.495 e. The zero-order valence-electron chi connectivity index (χ0n) is 11.2. The second-order valence-electron chi connectivity index (χ2n) is 3.87. The molecule has 0 radical (unpaired) electrons. The van der Waals surface area contributed by atoms with Gasteiger partial charge in [0, 0.05) is 13.5 Å². The fourth-order valence-electron chi connectivity index (χ4n) is 1.60. The van der Waals surface area contributed by atoms with E-state index in [0.717, 1.165) is 0 Å². The molecule has 0 spiro atoms. The van der Waals surface area contributed by atoms with E-state index >= 15 is 0 Å². The van der Waals surface area contributed by atoms with Crippen molar-refractivity contribution in [1.82, 2.24) is 5.32 Å². The normalized spacial score (nSPS) is 9.58. The molecule has 102 valence electrons. The van der Waals surface area contributed by atoms with Crippen molar-refractivity contribution < 1.29 is 14.3 Å². The third-order valence-corrected chi connectivity index (χ3v) is 2.50. The van der Waals surface area contributed by atoms with E-state index < -0.39 is 0 Å². The molecule has 19 heavy (non-hydrogen) atoms. The van der Waals surface area contributed by atoms with Crippen molar-refractivity contribution in [2.24, 2.45) is 0 Å². The van der Waals surface area contributed by atoms with Crippen molar-refractivity contribution >= 4 is 17.5 Å². The highest BCUT2D eigenvalue weighted by Crippen LogP contribution is 2.27. The summed E-state index contributed by atoms with van der Waals surface area (Å²) in [5.41, 5.74) is 0.575. The Bertz CT molecular complexity index is 472. The van der Waals surface area contributed by atoms with Crippen LogP contribution >= 0.6 is 0 Å². The van der Waals surface area contributed by atoms with Crippen LogP contribution in [-0.4, -0.2) is 32.0 Å². The van der Waals surface area contributed by atoms with E-state index in [4.69, 9.17) is 4.74 Å². The topological polar surface area (TPSA) is 58.6 Å². The summed E-state index contributed by atoms with van der Waals surface area (Å²) in [5, 5.41) is 2.63. The number of hydrogen-bond acceptors (Lipinski definition) is 3. The molecule has 0 heterocycles. The summed E-state index contributed by atoms with van der Waals surface area (Å²) >= 11 is 0. The SMILES string of the molecule is C=CCNC(=O)CN(C(C)=O)c1ccccc1OC. The molecule has 0 bridgehead atoms. The van der Waals surface area contributed by atoms with Crippen molar-refractivity contribution in [2.45, 2.75) is 6.92 Å². The molecule has 0 aliphatic carbocycles. The van der Waals surface area contributed by atoms with Crippen LogP contribution in [0, 0.1) is 0 Å². The average molecular weight is 262 g/mol. The first-order valence-electron chi connectivity index (χ1n) is 5.89. The number of ether oxygens (including phenoxy) is 1. The Hall–Kier alpha value is -2.30. The molecule has 1 aromatic rings. The standard InChI is InChI=1S/C14H18N2O3/c1-4-9-15-14(18)10-16(11(2)17)12-7-5-6-8-13(12)19-3/h4-8H,1,9-10H2,2-3H3,(H,15,18). The number of carbonyl (C=O) groups is 2. The Morgan fingerprint density at radius 3 is 2.68 bits per heavy atom. The number of rotatable bonds is 6. The van der Waals surface area contributed by atoms with Crippen LogP contribution in [0.3, 0.4) is 0 Å². The minimum Gasteiger partial charge on any atom is -0.495 e. The van der Waals surface area contributed by atoms with Gasteiger partial charge in [0.25, 0.3) is 0 Å². The molecule has 0 aromatic heterocycles. The van der Waals surface area contributed by atoms with E-state index in [9.17, 15) is 9.59 Å². The minimum atomic E-state index is -0.249. The van der Waals surface area contributed by atoms with Crippen molar-refractivity contribution in [3.8, 4) is 5.75 Å². The molecular formula is C14H18N2O3. The third kappa shape index (κ3) is 4.13. The monoisotopic (exact) mass is 262 g/mol. The predicted molar refractivity (Wildman–Crippen MR) is 74.2 cm³/mol. The Labute approximate surface area is 112 Å². The van der Waals surface area contributed by atoms with Crippen LogP contribution in [0.5, 0.6) is 5.75 Å². The van der Waals surface area contributed by atoms with Gasteiger partial charge < -0.3 is 10.1 Å². The van der Waals surface area contributed by atoms with Gasteiger partial charge in [-0.2, -0.15) is 0 Å². The lowest BCUT2D eigenvalue weighted by Gasteiger charge is -2.22. The number of amides is 2. The minimum absolute atomic E-state index is 0.0520. The summed E-state index contributed by atoms with van der Waals surface area (Å²) in [6.45, 7) is 5.25. The van der Waals surface area contributed by atoms with Crippen LogP contribution in [0.4, 0.5) is 5.69 Å². The van der Waals surface area contributed by atoms with Gasteiger partial charge in [-0.05, 0) is 12.1 Å². The van der Waals surface area contributed by atoms with Gasteiger partial charge in [-0.3, -0.25) is 14.5 Å². The van der Waals surface area contributed by atoms with E-state index in [-0.39, 0.29) is 18.4 Å². The summed E-state index contributed by atoms with van der Waals surface area (Å²) in [5.74, 6) is 0.0773. The van der Waals surface area contributed by atoms with Gasteiger partial charge in [0.2, 0.25) is 11.8 Å². The number of carbonyl (C=O) groups excluding carboxylic acids is 2. The lowest BCUT2D eigenvalue weighted by Crippen LogP contribution is -2.40. The molecule has 5 heteroatoms. The summed E-state index contributed by atoms with van der Waals surface area (Å²) in [4.78, 5) is 24.8. The summed E-state index contributed by atoms with van der Waals surface area (Å²) < 4.78 is 5.20. The van der Waals surface area contributed by atoms with E-state index in [1.165, 1.54) is 18.9 Å². The van der Waals surface area contributed by atoms with Gasteiger partial charge in [0.15, 0.2) is 0 Å². The van der Waals surface area contributed by atoms with E-state index in [1.54, 1.807) is 30.3 Å². The lowest BCUT2D eigenvalue weighted by atomic mass is 10.2. The van der Waals surface area contributed by atoms with Crippen molar-refractivity contribution in [3.63, 3.8) is 0 Å². The van der Waals surface area contributed by atoms with Crippen LogP contribution in [0.25, 0.3) is 0 Å². The first-order valence-corrected chi connectivity index (χ1v) is 5.89. The van der Waals surface area contributed by atoms with E-state index in [2.05, 4.69) is 11.9 Å². The molecule has 2 amide bonds. The molecule has 1 rings (SSSR count). The quantitative estimate of drug-likeness (QED) is 0.787. The van der Waals surface area contributed by atoms with Gasteiger partial charge in [0.1, 0.15) is 12.3 Å². The summed E-state index contributed by atoms with van der Waals surface area (Å²) in [7, 11) is 1.52. The van der Waals surface area contributed by atoms with Crippen LogP contribution in [0.15, 0.2) is 36.9 Å². The number of nitrogens with zero attached hydrogens (tertiary/aromatic N) is 1. The number of para-hydroxylation sites is 2. The van der Waals surface area contributed by atoms with Crippen molar-refractivity contribution in [3.05, 3.63) is 36.9 Å². The van der Waals surface area contributed by atoms with E-state index in [0.29, 0.717) is 18.0 Å². The maximum atomic E-state index is 11.7. The average Bonchev–Trinajstić information content (AvgIpc) is 2.42. The first-order chi connectivity index (χ1) is 9.10. The van der Waals surface area contributed by atoms with Crippen LogP contribution in [0.1, 0.15) is 6.92 Å². The van der Waals surface area contributed by atoms with Crippen molar-refractivity contribution in [2.75, 3.05) is 25.1 Å². The number of benzene rings is 1. The van der Waals surface area contributed by atoms with E-state index in [1.807, 2.05) is 0 Å². The van der Waals surface area contributed by atoms with Gasteiger partial charge in [-0.15, -0.1) is 6.58 Å². The Kier molecular flexibility index (Phi) is 5.60. The zero-order chi connectivity index (χ0) is 14.3. The predicted octanol–water partition coefficient (Wildman–Crippen LogP) is 1.35. The lowest BCUT2D eigenvalue weighted by molar-refractivity contribution is -0.122. The number of hydrogen-bond donors (Lipinski definition) is 1. The highest BCUT2D eigenvalue weighted by Gasteiger charge is 2.18. The zero-order valence-corrected chi connectivity index (χ0v) is 11.2.